The molecule has 0 saturated carbocycles. The van der Waals surface area contributed by atoms with Crippen molar-refractivity contribution in [3.63, 3.8) is 0 Å². The number of carbonyl (C=O) groups excluding carboxylic acids is 1. The summed E-state index contributed by atoms with van der Waals surface area (Å²) in [5.41, 5.74) is 1.13. The number of carbonyl (C=O) groups is 1. The van der Waals surface area contributed by atoms with Crippen molar-refractivity contribution >= 4 is 15.9 Å². The van der Waals surface area contributed by atoms with E-state index in [1.165, 1.54) is 0 Å². The first-order chi connectivity index (χ1) is 12.8. The molecule has 2 aliphatic heterocycles. The summed E-state index contributed by atoms with van der Waals surface area (Å²) >= 11 is 0. The molecule has 1 amide bonds. The summed E-state index contributed by atoms with van der Waals surface area (Å²) in [5, 5.41) is 0. The smallest absolute Gasteiger partial charge is 0.243 e. The maximum absolute atomic E-state index is 12.9. The minimum Gasteiger partial charge on any atom is -0.341 e. The van der Waals surface area contributed by atoms with Crippen LogP contribution in [0, 0.1) is 0 Å². The average molecular weight is 394 g/mol. The lowest BCUT2D eigenvalue weighted by molar-refractivity contribution is -0.135. The monoisotopic (exact) mass is 393 g/mol. The molecule has 2 saturated heterocycles. The predicted molar refractivity (Wildman–Crippen MR) is 106 cm³/mol. The van der Waals surface area contributed by atoms with Gasteiger partial charge in [-0.05, 0) is 43.4 Å². The molecule has 1 atom stereocenters. The second-order valence-electron chi connectivity index (χ2n) is 7.87. The summed E-state index contributed by atoms with van der Waals surface area (Å²) < 4.78 is 27.4. The van der Waals surface area contributed by atoms with E-state index in [2.05, 4.69) is 18.7 Å². The Bertz CT molecular complexity index is 747. The van der Waals surface area contributed by atoms with Gasteiger partial charge < -0.3 is 4.90 Å². The highest BCUT2D eigenvalue weighted by atomic mass is 32.2. The minimum absolute atomic E-state index is 0.174. The molecular weight excluding hydrogens is 362 g/mol. The first kappa shape index (κ1) is 20.3. The van der Waals surface area contributed by atoms with Crippen molar-refractivity contribution in [1.82, 2.24) is 14.1 Å². The Hall–Kier alpha value is -1.44. The Labute approximate surface area is 163 Å². The first-order valence-electron chi connectivity index (χ1n) is 9.93. The fraction of sp³-hybridized carbons (Fsp3) is 0.650. The predicted octanol–water partition coefficient (Wildman–Crippen LogP) is 2.13. The number of piperazine rings is 1. The first-order valence-corrected chi connectivity index (χ1v) is 11.4. The Morgan fingerprint density at radius 1 is 0.889 bits per heavy atom. The van der Waals surface area contributed by atoms with E-state index in [0.29, 0.717) is 37.0 Å². The molecule has 0 aliphatic carbocycles. The molecule has 0 spiro atoms. The summed E-state index contributed by atoms with van der Waals surface area (Å²) in [5.74, 6) is 0.549. The van der Waals surface area contributed by atoms with Crippen LogP contribution < -0.4 is 0 Å². The van der Waals surface area contributed by atoms with Crippen LogP contribution in [0.15, 0.2) is 29.2 Å². The molecule has 2 heterocycles. The molecule has 0 bridgehead atoms. The Morgan fingerprint density at radius 2 is 1.44 bits per heavy atom. The van der Waals surface area contributed by atoms with Gasteiger partial charge in [0.05, 0.1) is 10.9 Å². The van der Waals surface area contributed by atoms with Gasteiger partial charge in [0.2, 0.25) is 15.9 Å². The molecule has 150 valence electrons. The highest BCUT2D eigenvalue weighted by Crippen LogP contribution is 2.22. The summed E-state index contributed by atoms with van der Waals surface area (Å²) in [7, 11) is -3.48. The van der Waals surface area contributed by atoms with Gasteiger partial charge in [0, 0.05) is 39.3 Å². The van der Waals surface area contributed by atoms with Gasteiger partial charge in [-0.25, -0.2) is 8.42 Å². The lowest BCUT2D eigenvalue weighted by Crippen LogP contribution is -2.55. The van der Waals surface area contributed by atoms with Crippen LogP contribution in [-0.4, -0.2) is 73.7 Å². The quantitative estimate of drug-likeness (QED) is 0.769. The maximum Gasteiger partial charge on any atom is 0.243 e. The van der Waals surface area contributed by atoms with Gasteiger partial charge in [0.1, 0.15) is 0 Å². The Morgan fingerprint density at radius 3 is 1.96 bits per heavy atom. The van der Waals surface area contributed by atoms with Gasteiger partial charge in [-0.2, -0.15) is 4.31 Å². The molecule has 7 heteroatoms. The van der Waals surface area contributed by atoms with Gasteiger partial charge in [-0.1, -0.05) is 26.0 Å². The second kappa shape index (κ2) is 8.29. The summed E-state index contributed by atoms with van der Waals surface area (Å²) in [6.45, 7) is 9.84. The standard InChI is InChI=1S/C20H31N3O3S/c1-16(2)18-6-8-19(9-7-18)27(25,26)23-14-12-21(13-15-23)17(3)20(24)22-10-4-5-11-22/h6-9,16-17H,4-5,10-15H2,1-3H3/t17-/m0/s1. The average Bonchev–Trinajstić information content (AvgIpc) is 3.21. The summed E-state index contributed by atoms with van der Waals surface area (Å²) in [4.78, 5) is 17.0. The second-order valence-corrected chi connectivity index (χ2v) is 9.81. The number of hydrogen-bond acceptors (Lipinski definition) is 4. The van der Waals surface area contributed by atoms with E-state index in [4.69, 9.17) is 0 Å². The zero-order valence-electron chi connectivity index (χ0n) is 16.6. The van der Waals surface area contributed by atoms with Crippen molar-refractivity contribution in [2.75, 3.05) is 39.3 Å². The fourth-order valence-corrected chi connectivity index (χ4v) is 5.29. The van der Waals surface area contributed by atoms with E-state index in [1.807, 2.05) is 24.0 Å². The number of sulfonamides is 1. The van der Waals surface area contributed by atoms with Crippen LogP contribution in [0.1, 0.15) is 45.1 Å². The Kier molecular flexibility index (Phi) is 6.23. The third kappa shape index (κ3) is 4.36. The highest BCUT2D eigenvalue weighted by Gasteiger charge is 2.33. The molecule has 2 aliphatic rings. The zero-order valence-corrected chi connectivity index (χ0v) is 17.4. The molecule has 3 rings (SSSR count). The van der Waals surface area contributed by atoms with E-state index < -0.39 is 10.0 Å². The van der Waals surface area contributed by atoms with Crippen LogP contribution in [0.2, 0.25) is 0 Å². The largest absolute Gasteiger partial charge is 0.341 e. The van der Waals surface area contributed by atoms with Gasteiger partial charge >= 0.3 is 0 Å². The zero-order chi connectivity index (χ0) is 19.6. The van der Waals surface area contributed by atoms with Crippen LogP contribution in [0.3, 0.4) is 0 Å². The van der Waals surface area contributed by atoms with Crippen LogP contribution in [0.5, 0.6) is 0 Å². The van der Waals surface area contributed by atoms with E-state index in [1.54, 1.807) is 16.4 Å². The van der Waals surface area contributed by atoms with Crippen molar-refractivity contribution in [1.29, 1.82) is 0 Å². The van der Waals surface area contributed by atoms with Gasteiger partial charge in [-0.3, -0.25) is 9.69 Å². The van der Waals surface area contributed by atoms with Gasteiger partial charge in [0.15, 0.2) is 0 Å². The molecule has 0 radical (unpaired) electrons. The number of rotatable bonds is 5. The molecular formula is C20H31N3O3S. The van der Waals surface area contributed by atoms with E-state index in [-0.39, 0.29) is 11.9 Å². The van der Waals surface area contributed by atoms with Crippen molar-refractivity contribution in [3.8, 4) is 0 Å². The SMILES string of the molecule is CC(C)c1ccc(S(=O)(=O)N2CCN([C@@H](C)C(=O)N3CCCC3)CC2)cc1. The Balaban J connectivity index is 1.61. The van der Waals surface area contributed by atoms with Crippen molar-refractivity contribution in [2.24, 2.45) is 0 Å². The normalized spacial score (nSPS) is 21.0. The summed E-state index contributed by atoms with van der Waals surface area (Å²) in [6.07, 6.45) is 2.17. The topological polar surface area (TPSA) is 60.9 Å². The molecule has 0 N–H and O–H groups in total. The fourth-order valence-electron chi connectivity index (χ4n) is 3.86. The maximum atomic E-state index is 12.9. The number of benzene rings is 1. The van der Waals surface area contributed by atoms with E-state index in [9.17, 15) is 13.2 Å². The molecule has 1 aromatic rings. The molecule has 2 fully saturated rings. The van der Waals surface area contributed by atoms with Crippen molar-refractivity contribution < 1.29 is 13.2 Å². The van der Waals surface area contributed by atoms with E-state index >= 15 is 0 Å². The number of amides is 1. The number of hydrogen-bond donors (Lipinski definition) is 0. The van der Waals surface area contributed by atoms with E-state index in [0.717, 1.165) is 31.5 Å². The molecule has 1 aromatic carbocycles. The number of nitrogens with zero attached hydrogens (tertiary/aromatic N) is 3. The molecule has 27 heavy (non-hydrogen) atoms. The van der Waals surface area contributed by atoms with Crippen LogP contribution in [0.4, 0.5) is 0 Å². The number of likely N-dealkylation sites (tertiary alicyclic amines) is 1. The highest BCUT2D eigenvalue weighted by molar-refractivity contribution is 7.89. The molecule has 0 aromatic heterocycles. The lowest BCUT2D eigenvalue weighted by atomic mass is 10.0. The van der Waals surface area contributed by atoms with Gasteiger partial charge in [-0.15, -0.1) is 0 Å². The molecule has 0 unspecified atom stereocenters. The van der Waals surface area contributed by atoms with Crippen molar-refractivity contribution in [2.45, 2.75) is 50.5 Å². The lowest BCUT2D eigenvalue weighted by Gasteiger charge is -2.37. The van der Waals surface area contributed by atoms with Crippen LogP contribution >= 0.6 is 0 Å². The van der Waals surface area contributed by atoms with Crippen molar-refractivity contribution in [3.05, 3.63) is 29.8 Å². The molecule has 6 nitrogen and oxygen atoms in total. The summed E-state index contributed by atoms with van der Waals surface area (Å²) in [6, 6.07) is 7.01. The third-order valence-corrected chi connectivity index (χ3v) is 7.69. The van der Waals surface area contributed by atoms with Gasteiger partial charge in [0.25, 0.3) is 0 Å². The van der Waals surface area contributed by atoms with Crippen LogP contribution in [-0.2, 0) is 14.8 Å². The van der Waals surface area contributed by atoms with Crippen LogP contribution in [0.25, 0.3) is 0 Å². The third-order valence-electron chi connectivity index (χ3n) is 5.78. The minimum atomic E-state index is -3.48.